The SMILES string of the molecule is OC1CN(C2=NCCS2)C1. The molecule has 0 atom stereocenters. The molecule has 1 fully saturated rings. The van der Waals surface area contributed by atoms with Crippen molar-refractivity contribution in [2.24, 2.45) is 4.99 Å². The monoisotopic (exact) mass is 158 g/mol. The van der Waals surface area contributed by atoms with Crippen LogP contribution in [0.15, 0.2) is 4.99 Å². The largest absolute Gasteiger partial charge is 0.389 e. The second kappa shape index (κ2) is 2.43. The lowest BCUT2D eigenvalue weighted by atomic mass is 10.2. The molecule has 2 rings (SSSR count). The molecular weight excluding hydrogens is 148 g/mol. The van der Waals surface area contributed by atoms with E-state index in [-0.39, 0.29) is 6.10 Å². The summed E-state index contributed by atoms with van der Waals surface area (Å²) >= 11 is 1.79. The summed E-state index contributed by atoms with van der Waals surface area (Å²) < 4.78 is 0. The van der Waals surface area contributed by atoms with Gasteiger partial charge >= 0.3 is 0 Å². The molecule has 0 saturated carbocycles. The molecule has 2 aliphatic heterocycles. The highest BCUT2D eigenvalue weighted by Crippen LogP contribution is 2.20. The summed E-state index contributed by atoms with van der Waals surface area (Å²) in [5.74, 6) is 1.11. The van der Waals surface area contributed by atoms with Crippen molar-refractivity contribution in [1.82, 2.24) is 4.90 Å². The van der Waals surface area contributed by atoms with Crippen LogP contribution in [-0.2, 0) is 0 Å². The van der Waals surface area contributed by atoms with Gasteiger partial charge in [0.05, 0.1) is 12.6 Å². The Labute approximate surface area is 64.1 Å². The lowest BCUT2D eigenvalue weighted by Gasteiger charge is -2.36. The van der Waals surface area contributed by atoms with Crippen LogP contribution in [0.3, 0.4) is 0 Å². The molecule has 2 heterocycles. The molecular formula is C6H10N2OS. The number of hydrogen-bond acceptors (Lipinski definition) is 4. The molecule has 0 aliphatic carbocycles. The first-order valence-corrected chi connectivity index (χ1v) is 4.45. The molecule has 3 nitrogen and oxygen atoms in total. The van der Waals surface area contributed by atoms with Crippen molar-refractivity contribution in [3.05, 3.63) is 0 Å². The normalized spacial score (nSPS) is 26.5. The number of likely N-dealkylation sites (tertiary alicyclic amines) is 1. The molecule has 0 aromatic rings. The molecule has 1 N–H and O–H groups in total. The molecule has 0 radical (unpaired) electrons. The number of thioether (sulfide) groups is 1. The first kappa shape index (κ1) is 6.49. The lowest BCUT2D eigenvalue weighted by Crippen LogP contribution is -2.52. The molecule has 1 saturated heterocycles. The second-order valence-electron chi connectivity index (χ2n) is 2.57. The highest BCUT2D eigenvalue weighted by molar-refractivity contribution is 8.14. The summed E-state index contributed by atoms with van der Waals surface area (Å²) in [7, 11) is 0. The van der Waals surface area contributed by atoms with E-state index < -0.39 is 0 Å². The van der Waals surface area contributed by atoms with Crippen molar-refractivity contribution in [3.63, 3.8) is 0 Å². The van der Waals surface area contributed by atoms with Crippen LogP contribution in [0.4, 0.5) is 0 Å². The van der Waals surface area contributed by atoms with E-state index in [1.807, 2.05) is 0 Å². The topological polar surface area (TPSA) is 35.8 Å². The van der Waals surface area contributed by atoms with E-state index in [2.05, 4.69) is 9.89 Å². The molecule has 0 aromatic carbocycles. The predicted molar refractivity (Wildman–Crippen MR) is 42.3 cm³/mol. The fraction of sp³-hybridized carbons (Fsp3) is 0.833. The minimum Gasteiger partial charge on any atom is -0.389 e. The van der Waals surface area contributed by atoms with Crippen molar-refractivity contribution in [3.8, 4) is 0 Å². The Balaban J connectivity index is 1.89. The first-order chi connectivity index (χ1) is 4.86. The molecule has 10 heavy (non-hydrogen) atoms. The van der Waals surface area contributed by atoms with Gasteiger partial charge in [0.1, 0.15) is 0 Å². The third-order valence-corrected chi connectivity index (χ3v) is 2.73. The summed E-state index contributed by atoms with van der Waals surface area (Å²) in [5, 5.41) is 10.1. The minimum absolute atomic E-state index is 0.108. The Morgan fingerprint density at radius 3 is 2.90 bits per heavy atom. The number of aliphatic imine (C=N–C) groups is 1. The average molecular weight is 158 g/mol. The third kappa shape index (κ3) is 1.01. The third-order valence-electron chi connectivity index (χ3n) is 1.70. The number of rotatable bonds is 0. The van der Waals surface area contributed by atoms with Crippen LogP contribution >= 0.6 is 11.8 Å². The molecule has 4 heteroatoms. The van der Waals surface area contributed by atoms with Crippen LogP contribution in [0.1, 0.15) is 0 Å². The van der Waals surface area contributed by atoms with E-state index in [1.54, 1.807) is 11.8 Å². The Morgan fingerprint density at radius 2 is 2.40 bits per heavy atom. The fourth-order valence-electron chi connectivity index (χ4n) is 1.13. The summed E-state index contributed by atoms with van der Waals surface area (Å²) in [5.41, 5.74) is 0. The number of aliphatic hydroxyl groups excluding tert-OH is 1. The summed E-state index contributed by atoms with van der Waals surface area (Å²) in [6, 6.07) is 0. The molecule has 0 bridgehead atoms. The maximum absolute atomic E-state index is 8.97. The van der Waals surface area contributed by atoms with E-state index >= 15 is 0 Å². The van der Waals surface area contributed by atoms with Gasteiger partial charge in [-0.2, -0.15) is 0 Å². The van der Waals surface area contributed by atoms with E-state index in [0.717, 1.165) is 30.6 Å². The maximum atomic E-state index is 8.97. The average Bonchev–Trinajstić information content (AvgIpc) is 2.31. The van der Waals surface area contributed by atoms with Gasteiger partial charge in [0.15, 0.2) is 5.17 Å². The lowest BCUT2D eigenvalue weighted by molar-refractivity contribution is 0.0487. The van der Waals surface area contributed by atoms with Crippen LogP contribution in [0.25, 0.3) is 0 Å². The molecule has 0 amide bonds. The van der Waals surface area contributed by atoms with Crippen LogP contribution in [0, 0.1) is 0 Å². The number of amidine groups is 1. The van der Waals surface area contributed by atoms with Gasteiger partial charge in [-0.15, -0.1) is 0 Å². The van der Waals surface area contributed by atoms with E-state index in [4.69, 9.17) is 5.11 Å². The van der Waals surface area contributed by atoms with Crippen LogP contribution < -0.4 is 0 Å². The molecule has 56 valence electrons. The van der Waals surface area contributed by atoms with Crippen molar-refractivity contribution in [2.45, 2.75) is 6.10 Å². The van der Waals surface area contributed by atoms with E-state index in [1.165, 1.54) is 0 Å². The van der Waals surface area contributed by atoms with E-state index in [0.29, 0.717) is 0 Å². The van der Waals surface area contributed by atoms with Gasteiger partial charge in [0.25, 0.3) is 0 Å². The standard InChI is InChI=1S/C6H10N2OS/c9-5-3-8(4-5)6-7-1-2-10-6/h5,9H,1-4H2. The smallest absolute Gasteiger partial charge is 0.159 e. The summed E-state index contributed by atoms with van der Waals surface area (Å²) in [6.45, 7) is 2.52. The van der Waals surface area contributed by atoms with Crippen molar-refractivity contribution in [1.29, 1.82) is 0 Å². The number of hydrogen-bond donors (Lipinski definition) is 1. The molecule has 0 aromatic heterocycles. The maximum Gasteiger partial charge on any atom is 0.159 e. The van der Waals surface area contributed by atoms with E-state index in [9.17, 15) is 0 Å². The highest BCUT2D eigenvalue weighted by Gasteiger charge is 2.28. The number of β-amino-alcohol motifs (C(OH)–C–C–N with tert-alkyl or cyclic N) is 1. The van der Waals surface area contributed by atoms with Gasteiger partial charge in [-0.1, -0.05) is 11.8 Å². The van der Waals surface area contributed by atoms with Crippen LogP contribution in [-0.4, -0.2) is 46.7 Å². The Morgan fingerprint density at radius 1 is 1.60 bits per heavy atom. The minimum atomic E-state index is -0.108. The van der Waals surface area contributed by atoms with Gasteiger partial charge in [-0.3, -0.25) is 4.99 Å². The van der Waals surface area contributed by atoms with Gasteiger partial charge in [0.2, 0.25) is 0 Å². The number of aliphatic hydroxyl groups is 1. The first-order valence-electron chi connectivity index (χ1n) is 3.46. The molecule has 2 aliphatic rings. The van der Waals surface area contributed by atoms with Gasteiger partial charge in [-0.25, -0.2) is 0 Å². The van der Waals surface area contributed by atoms with Gasteiger partial charge < -0.3 is 10.0 Å². The molecule has 0 unspecified atom stereocenters. The highest BCUT2D eigenvalue weighted by atomic mass is 32.2. The van der Waals surface area contributed by atoms with Crippen LogP contribution in [0.2, 0.25) is 0 Å². The van der Waals surface area contributed by atoms with Crippen molar-refractivity contribution >= 4 is 16.9 Å². The molecule has 0 spiro atoms. The quantitative estimate of drug-likeness (QED) is 0.529. The van der Waals surface area contributed by atoms with Crippen molar-refractivity contribution in [2.75, 3.05) is 25.4 Å². The number of nitrogens with zero attached hydrogens (tertiary/aromatic N) is 2. The summed E-state index contributed by atoms with van der Waals surface area (Å²) in [6.07, 6.45) is -0.108. The zero-order valence-electron chi connectivity index (χ0n) is 5.66. The zero-order chi connectivity index (χ0) is 6.97. The van der Waals surface area contributed by atoms with Crippen molar-refractivity contribution < 1.29 is 5.11 Å². The fourth-order valence-corrected chi connectivity index (χ4v) is 2.01. The van der Waals surface area contributed by atoms with Gasteiger partial charge in [-0.05, 0) is 0 Å². The zero-order valence-corrected chi connectivity index (χ0v) is 6.47. The predicted octanol–water partition coefficient (Wildman–Crippen LogP) is -0.234. The Bertz CT molecular complexity index is 165. The van der Waals surface area contributed by atoms with Crippen LogP contribution in [0.5, 0.6) is 0 Å². The van der Waals surface area contributed by atoms with Gasteiger partial charge in [0, 0.05) is 18.8 Å². The summed E-state index contributed by atoms with van der Waals surface area (Å²) in [4.78, 5) is 6.41. The Kier molecular flexibility index (Phi) is 1.58. The second-order valence-corrected chi connectivity index (χ2v) is 3.63. The Hall–Kier alpha value is -0.220.